The first kappa shape index (κ1) is 21.4. The molecule has 2 aromatic carbocycles. The average Bonchev–Trinajstić information content (AvgIpc) is 2.79. The summed E-state index contributed by atoms with van der Waals surface area (Å²) in [7, 11) is 1.56. The fourth-order valence-corrected chi connectivity index (χ4v) is 4.13. The topological polar surface area (TPSA) is 62.3 Å². The molecule has 0 unspecified atom stereocenters. The Kier molecular flexibility index (Phi) is 6.29. The Labute approximate surface area is 184 Å². The smallest absolute Gasteiger partial charge is 0.316 e. The number of hydrogen-bond donors (Lipinski definition) is 0. The second-order valence-corrected chi connectivity index (χ2v) is 7.76. The normalized spacial score (nSPS) is 17.3. The summed E-state index contributed by atoms with van der Waals surface area (Å²) in [6.45, 7) is 3.46. The molecule has 2 aliphatic rings. The maximum Gasteiger partial charge on any atom is 0.316 e. The molecule has 2 heterocycles. The number of para-hydroxylation sites is 1. The summed E-state index contributed by atoms with van der Waals surface area (Å²) in [5.41, 5.74) is 2.01. The van der Waals surface area contributed by atoms with Gasteiger partial charge < -0.3 is 19.3 Å². The van der Waals surface area contributed by atoms with E-state index in [1.165, 1.54) is 28.0 Å². The molecule has 0 radical (unpaired) electrons. The van der Waals surface area contributed by atoms with Gasteiger partial charge in [-0.05, 0) is 29.8 Å². The van der Waals surface area contributed by atoms with E-state index in [0.717, 1.165) is 18.8 Å². The molecule has 0 aliphatic carbocycles. The monoisotopic (exact) mass is 447 g/mol. The Bertz CT molecular complexity index is 997. The number of carbonyl (C=O) groups is 2. The molecular formula is C22H23ClFN3O4. The molecule has 164 valence electrons. The Balaban J connectivity index is 1.55. The molecule has 0 saturated carbocycles. The van der Waals surface area contributed by atoms with Gasteiger partial charge in [0, 0.05) is 37.7 Å². The zero-order chi connectivity index (χ0) is 22.0. The highest BCUT2D eigenvalue weighted by Gasteiger charge is 2.35. The molecular weight excluding hydrogens is 425 g/mol. The Morgan fingerprint density at radius 1 is 1.03 bits per heavy atom. The molecule has 4 rings (SSSR count). The lowest BCUT2D eigenvalue weighted by molar-refractivity contribution is -0.146. The predicted molar refractivity (Wildman–Crippen MR) is 115 cm³/mol. The van der Waals surface area contributed by atoms with Gasteiger partial charge in [-0.25, -0.2) is 4.39 Å². The van der Waals surface area contributed by atoms with Crippen LogP contribution >= 0.6 is 11.6 Å². The van der Waals surface area contributed by atoms with Crippen molar-refractivity contribution in [2.45, 2.75) is 6.54 Å². The first-order valence-corrected chi connectivity index (χ1v) is 10.4. The SMILES string of the molecule is COc1c(N2CCOCC2)cccc1N1CCN(Cc2ccc(F)cc2Cl)C(=O)C1=O. The minimum Gasteiger partial charge on any atom is -0.492 e. The number of morpholine rings is 1. The third-order valence-electron chi connectivity index (χ3n) is 5.51. The predicted octanol–water partition coefficient (Wildman–Crippen LogP) is 2.70. The number of methoxy groups -OCH3 is 1. The molecule has 7 nitrogen and oxygen atoms in total. The van der Waals surface area contributed by atoms with E-state index in [1.807, 2.05) is 12.1 Å². The van der Waals surface area contributed by atoms with Gasteiger partial charge in [0.15, 0.2) is 5.75 Å². The highest BCUT2D eigenvalue weighted by Crippen LogP contribution is 2.39. The van der Waals surface area contributed by atoms with Crippen LogP contribution in [0.15, 0.2) is 36.4 Å². The number of anilines is 2. The molecule has 2 amide bonds. The van der Waals surface area contributed by atoms with Gasteiger partial charge in [-0.1, -0.05) is 23.7 Å². The van der Waals surface area contributed by atoms with Gasteiger partial charge in [0.25, 0.3) is 0 Å². The lowest BCUT2D eigenvalue weighted by atomic mass is 10.1. The van der Waals surface area contributed by atoms with Crippen molar-refractivity contribution in [3.8, 4) is 5.75 Å². The molecule has 0 spiro atoms. The van der Waals surface area contributed by atoms with Gasteiger partial charge in [0.2, 0.25) is 0 Å². The zero-order valence-electron chi connectivity index (χ0n) is 17.1. The summed E-state index contributed by atoms with van der Waals surface area (Å²) in [5.74, 6) is -1.17. The van der Waals surface area contributed by atoms with Gasteiger partial charge in [-0.3, -0.25) is 14.5 Å². The number of hydrogen-bond acceptors (Lipinski definition) is 5. The van der Waals surface area contributed by atoms with Crippen LogP contribution in [0.25, 0.3) is 0 Å². The summed E-state index contributed by atoms with van der Waals surface area (Å²) >= 11 is 6.08. The summed E-state index contributed by atoms with van der Waals surface area (Å²) in [6, 6.07) is 9.57. The molecule has 0 aromatic heterocycles. The van der Waals surface area contributed by atoms with Crippen molar-refractivity contribution in [2.24, 2.45) is 0 Å². The van der Waals surface area contributed by atoms with Gasteiger partial charge >= 0.3 is 11.8 Å². The fraction of sp³-hybridized carbons (Fsp3) is 0.364. The van der Waals surface area contributed by atoms with Crippen LogP contribution in [0.4, 0.5) is 15.8 Å². The lowest BCUT2D eigenvalue weighted by Crippen LogP contribution is -2.54. The fourth-order valence-electron chi connectivity index (χ4n) is 3.90. The van der Waals surface area contributed by atoms with Crippen LogP contribution in [0, 0.1) is 5.82 Å². The van der Waals surface area contributed by atoms with Crippen molar-refractivity contribution >= 4 is 34.8 Å². The minimum absolute atomic E-state index is 0.141. The Hall–Kier alpha value is -2.84. The van der Waals surface area contributed by atoms with Crippen LogP contribution in [-0.4, -0.2) is 63.2 Å². The summed E-state index contributed by atoms with van der Waals surface area (Å²) < 4.78 is 24.4. The van der Waals surface area contributed by atoms with Crippen LogP contribution in [0.3, 0.4) is 0 Å². The molecule has 9 heteroatoms. The largest absolute Gasteiger partial charge is 0.492 e. The number of halogens is 2. The highest BCUT2D eigenvalue weighted by molar-refractivity contribution is 6.41. The van der Waals surface area contributed by atoms with E-state index in [2.05, 4.69) is 4.90 Å². The van der Waals surface area contributed by atoms with Crippen molar-refractivity contribution in [3.63, 3.8) is 0 Å². The number of carbonyl (C=O) groups excluding carboxylic acids is 2. The second kappa shape index (κ2) is 9.11. The van der Waals surface area contributed by atoms with Crippen LogP contribution < -0.4 is 14.5 Å². The van der Waals surface area contributed by atoms with E-state index >= 15 is 0 Å². The minimum atomic E-state index is -0.637. The number of amides is 2. The molecule has 0 N–H and O–H groups in total. The third kappa shape index (κ3) is 4.31. The maximum absolute atomic E-state index is 13.3. The van der Waals surface area contributed by atoms with Crippen molar-refractivity contribution in [3.05, 3.63) is 52.8 Å². The van der Waals surface area contributed by atoms with Crippen molar-refractivity contribution in [1.29, 1.82) is 0 Å². The van der Waals surface area contributed by atoms with E-state index in [1.54, 1.807) is 13.2 Å². The first-order valence-electron chi connectivity index (χ1n) is 10.0. The molecule has 31 heavy (non-hydrogen) atoms. The molecule has 2 aliphatic heterocycles. The second-order valence-electron chi connectivity index (χ2n) is 7.35. The lowest BCUT2D eigenvalue weighted by Gasteiger charge is -2.36. The third-order valence-corrected chi connectivity index (χ3v) is 5.86. The van der Waals surface area contributed by atoms with Gasteiger partial charge in [0.05, 0.1) is 31.7 Å². The average molecular weight is 448 g/mol. The van der Waals surface area contributed by atoms with Crippen LogP contribution in [-0.2, 0) is 20.9 Å². The zero-order valence-corrected chi connectivity index (χ0v) is 17.9. The molecule has 2 saturated heterocycles. The maximum atomic E-state index is 13.3. The Morgan fingerprint density at radius 3 is 2.48 bits per heavy atom. The van der Waals surface area contributed by atoms with Crippen molar-refractivity contribution in [1.82, 2.24) is 4.90 Å². The van der Waals surface area contributed by atoms with Crippen LogP contribution in [0.2, 0.25) is 5.02 Å². The van der Waals surface area contributed by atoms with E-state index in [-0.39, 0.29) is 11.6 Å². The molecule has 0 atom stereocenters. The molecule has 0 bridgehead atoms. The van der Waals surface area contributed by atoms with E-state index < -0.39 is 17.6 Å². The number of ether oxygens (including phenoxy) is 2. The van der Waals surface area contributed by atoms with Gasteiger partial charge in [0.1, 0.15) is 5.82 Å². The number of piperazine rings is 1. The molecule has 2 fully saturated rings. The Morgan fingerprint density at radius 2 is 1.77 bits per heavy atom. The summed E-state index contributed by atoms with van der Waals surface area (Å²) in [5, 5.41) is 0.225. The summed E-state index contributed by atoms with van der Waals surface area (Å²) in [6.07, 6.45) is 0. The molecule has 2 aromatic rings. The van der Waals surface area contributed by atoms with Gasteiger partial charge in [-0.15, -0.1) is 0 Å². The van der Waals surface area contributed by atoms with Crippen LogP contribution in [0.5, 0.6) is 5.75 Å². The highest BCUT2D eigenvalue weighted by atomic mass is 35.5. The van der Waals surface area contributed by atoms with E-state index in [0.29, 0.717) is 43.3 Å². The van der Waals surface area contributed by atoms with Gasteiger partial charge in [-0.2, -0.15) is 0 Å². The van der Waals surface area contributed by atoms with Crippen molar-refractivity contribution < 1.29 is 23.5 Å². The number of benzene rings is 2. The summed E-state index contributed by atoms with van der Waals surface area (Å²) in [4.78, 5) is 30.8. The first-order chi connectivity index (χ1) is 15.0. The van der Waals surface area contributed by atoms with E-state index in [9.17, 15) is 14.0 Å². The quantitative estimate of drug-likeness (QED) is 0.659. The number of rotatable bonds is 5. The van der Waals surface area contributed by atoms with E-state index in [4.69, 9.17) is 21.1 Å². The van der Waals surface area contributed by atoms with Crippen molar-refractivity contribution in [2.75, 3.05) is 56.3 Å². The number of nitrogens with zero attached hydrogens (tertiary/aromatic N) is 3. The van der Waals surface area contributed by atoms with Crippen LogP contribution in [0.1, 0.15) is 5.56 Å². The standard InChI is InChI=1S/C22H23ClFN3O4/c1-30-20-18(25-9-11-31-12-10-25)3-2-4-19(20)27-8-7-26(21(28)22(27)29)14-15-5-6-16(24)13-17(15)23/h2-6,13H,7-12,14H2,1H3.